The maximum Gasteiger partial charge on any atom is 0.128 e. The van der Waals surface area contributed by atoms with E-state index >= 15 is 0 Å². The van der Waals surface area contributed by atoms with Gasteiger partial charge in [0.25, 0.3) is 0 Å². The lowest BCUT2D eigenvalue weighted by Crippen LogP contribution is -2.08. The van der Waals surface area contributed by atoms with Crippen molar-refractivity contribution in [1.29, 1.82) is 0 Å². The number of halogens is 2. The van der Waals surface area contributed by atoms with Crippen LogP contribution >= 0.6 is 15.9 Å². The highest BCUT2D eigenvalue weighted by Gasteiger charge is 2.10. The van der Waals surface area contributed by atoms with Crippen molar-refractivity contribution < 1.29 is 9.13 Å². The first-order valence-corrected chi connectivity index (χ1v) is 6.75. The molecule has 0 fully saturated rings. The van der Waals surface area contributed by atoms with Crippen LogP contribution in [0.2, 0.25) is 0 Å². The van der Waals surface area contributed by atoms with Gasteiger partial charge in [-0.25, -0.2) is 4.39 Å². The molecule has 0 heterocycles. The number of nitrogens with one attached hydrogen (secondary N) is 1. The van der Waals surface area contributed by atoms with Crippen LogP contribution in [-0.4, -0.2) is 7.11 Å². The Balaban J connectivity index is 2.21. The van der Waals surface area contributed by atoms with Crippen LogP contribution in [0.3, 0.4) is 0 Å². The van der Waals surface area contributed by atoms with E-state index in [4.69, 9.17) is 4.74 Å². The Morgan fingerprint density at radius 2 is 1.95 bits per heavy atom. The molecule has 19 heavy (non-hydrogen) atoms. The summed E-state index contributed by atoms with van der Waals surface area (Å²) in [5.41, 5.74) is 1.52. The molecule has 0 aliphatic rings. The molecule has 2 aromatic carbocycles. The highest BCUT2D eigenvalue weighted by molar-refractivity contribution is 9.10. The molecule has 0 spiro atoms. The number of rotatable bonds is 4. The topological polar surface area (TPSA) is 21.3 Å². The largest absolute Gasteiger partial charge is 0.497 e. The van der Waals surface area contributed by atoms with Crippen LogP contribution in [0.25, 0.3) is 0 Å². The van der Waals surface area contributed by atoms with Crippen molar-refractivity contribution in [2.45, 2.75) is 13.0 Å². The average Bonchev–Trinajstić information content (AvgIpc) is 2.38. The SMILES string of the molecule is COc1cc(Br)cc(NC(C)c2ccccc2F)c1. The predicted molar refractivity (Wildman–Crippen MR) is 79.1 cm³/mol. The fourth-order valence-corrected chi connectivity index (χ4v) is 2.39. The summed E-state index contributed by atoms with van der Waals surface area (Å²) in [5.74, 6) is 0.544. The molecule has 0 bridgehead atoms. The highest BCUT2D eigenvalue weighted by Crippen LogP contribution is 2.28. The van der Waals surface area contributed by atoms with Gasteiger partial charge in [-0.3, -0.25) is 0 Å². The van der Waals surface area contributed by atoms with Gasteiger partial charge in [0.2, 0.25) is 0 Å². The van der Waals surface area contributed by atoms with Crippen LogP contribution in [0.1, 0.15) is 18.5 Å². The molecule has 100 valence electrons. The first-order valence-electron chi connectivity index (χ1n) is 5.95. The number of benzene rings is 2. The normalized spacial score (nSPS) is 12.0. The summed E-state index contributed by atoms with van der Waals surface area (Å²) in [5, 5.41) is 3.26. The average molecular weight is 324 g/mol. The Morgan fingerprint density at radius 3 is 2.63 bits per heavy atom. The molecule has 0 radical (unpaired) electrons. The lowest BCUT2D eigenvalue weighted by atomic mass is 10.1. The zero-order chi connectivity index (χ0) is 13.8. The molecule has 0 saturated heterocycles. The molecule has 4 heteroatoms. The molecular weight excluding hydrogens is 309 g/mol. The van der Waals surface area contributed by atoms with Crippen LogP contribution in [0.15, 0.2) is 46.9 Å². The van der Waals surface area contributed by atoms with Gasteiger partial charge in [0, 0.05) is 21.8 Å². The summed E-state index contributed by atoms with van der Waals surface area (Å²) in [7, 11) is 1.62. The standard InChI is InChI=1S/C15H15BrFNO/c1-10(14-5-3-4-6-15(14)17)18-12-7-11(16)8-13(9-12)19-2/h3-10,18H,1-2H3. The second kappa shape index (κ2) is 6.06. The van der Waals surface area contributed by atoms with E-state index in [-0.39, 0.29) is 11.9 Å². The number of anilines is 1. The molecular formula is C15H15BrFNO. The van der Waals surface area contributed by atoms with Gasteiger partial charge in [-0.05, 0) is 25.1 Å². The molecule has 0 amide bonds. The van der Waals surface area contributed by atoms with E-state index in [1.54, 1.807) is 19.2 Å². The van der Waals surface area contributed by atoms with Gasteiger partial charge >= 0.3 is 0 Å². The molecule has 2 aromatic rings. The summed E-state index contributed by atoms with van der Waals surface area (Å²) < 4.78 is 19.8. The number of ether oxygens (including phenoxy) is 1. The van der Waals surface area contributed by atoms with E-state index in [0.29, 0.717) is 5.56 Å². The maximum atomic E-state index is 13.7. The Hall–Kier alpha value is -1.55. The number of methoxy groups -OCH3 is 1. The Labute approximate surface area is 120 Å². The fourth-order valence-electron chi connectivity index (χ4n) is 1.92. The molecule has 0 saturated carbocycles. The third kappa shape index (κ3) is 3.47. The summed E-state index contributed by atoms with van der Waals surface area (Å²) in [6.07, 6.45) is 0. The first kappa shape index (κ1) is 13.9. The second-order valence-electron chi connectivity index (χ2n) is 4.27. The van der Waals surface area contributed by atoms with Crippen molar-refractivity contribution in [3.8, 4) is 5.75 Å². The van der Waals surface area contributed by atoms with Crippen molar-refractivity contribution in [2.75, 3.05) is 12.4 Å². The van der Waals surface area contributed by atoms with Crippen LogP contribution in [0.4, 0.5) is 10.1 Å². The fraction of sp³-hybridized carbons (Fsp3) is 0.200. The summed E-state index contributed by atoms with van der Waals surface area (Å²) >= 11 is 3.42. The summed E-state index contributed by atoms with van der Waals surface area (Å²) in [4.78, 5) is 0. The highest BCUT2D eigenvalue weighted by atomic mass is 79.9. The van der Waals surface area contributed by atoms with Crippen LogP contribution < -0.4 is 10.1 Å². The van der Waals surface area contributed by atoms with Gasteiger partial charge in [0.15, 0.2) is 0 Å². The molecule has 1 atom stereocenters. The zero-order valence-electron chi connectivity index (χ0n) is 10.8. The minimum Gasteiger partial charge on any atom is -0.497 e. The Morgan fingerprint density at radius 1 is 1.21 bits per heavy atom. The van der Waals surface area contributed by atoms with Crippen molar-refractivity contribution >= 4 is 21.6 Å². The lowest BCUT2D eigenvalue weighted by molar-refractivity contribution is 0.414. The summed E-state index contributed by atoms with van der Waals surface area (Å²) in [6.45, 7) is 1.92. The third-order valence-electron chi connectivity index (χ3n) is 2.86. The molecule has 0 aromatic heterocycles. The molecule has 1 unspecified atom stereocenters. The van der Waals surface area contributed by atoms with Gasteiger partial charge < -0.3 is 10.1 Å². The predicted octanol–water partition coefficient (Wildman–Crippen LogP) is 4.77. The number of hydrogen-bond acceptors (Lipinski definition) is 2. The van der Waals surface area contributed by atoms with Crippen LogP contribution in [0.5, 0.6) is 5.75 Å². The van der Waals surface area contributed by atoms with Crippen molar-refractivity contribution in [1.82, 2.24) is 0 Å². The summed E-state index contributed by atoms with van der Waals surface area (Å²) in [6, 6.07) is 12.3. The van der Waals surface area contributed by atoms with E-state index in [9.17, 15) is 4.39 Å². The van der Waals surface area contributed by atoms with E-state index in [2.05, 4.69) is 21.2 Å². The van der Waals surface area contributed by atoms with Gasteiger partial charge in [-0.2, -0.15) is 0 Å². The first-order chi connectivity index (χ1) is 9.10. The second-order valence-corrected chi connectivity index (χ2v) is 5.18. The molecule has 0 aliphatic carbocycles. The molecule has 2 nitrogen and oxygen atoms in total. The van der Waals surface area contributed by atoms with Gasteiger partial charge in [-0.15, -0.1) is 0 Å². The minimum atomic E-state index is -0.204. The van der Waals surface area contributed by atoms with Crippen molar-refractivity contribution in [2.24, 2.45) is 0 Å². The lowest BCUT2D eigenvalue weighted by Gasteiger charge is -2.17. The van der Waals surface area contributed by atoms with E-state index in [1.807, 2.05) is 31.2 Å². The quantitative estimate of drug-likeness (QED) is 0.875. The molecule has 0 aliphatic heterocycles. The van der Waals surface area contributed by atoms with Crippen molar-refractivity contribution in [3.63, 3.8) is 0 Å². The zero-order valence-corrected chi connectivity index (χ0v) is 12.4. The van der Waals surface area contributed by atoms with Gasteiger partial charge in [0.05, 0.1) is 13.2 Å². The minimum absolute atomic E-state index is 0.125. The van der Waals surface area contributed by atoms with Crippen LogP contribution in [-0.2, 0) is 0 Å². The van der Waals surface area contributed by atoms with E-state index < -0.39 is 0 Å². The maximum absolute atomic E-state index is 13.7. The monoisotopic (exact) mass is 323 g/mol. The smallest absolute Gasteiger partial charge is 0.128 e. The van der Waals surface area contributed by atoms with Gasteiger partial charge in [0.1, 0.15) is 11.6 Å². The Bertz CT molecular complexity index is 574. The molecule has 1 N–H and O–H groups in total. The van der Waals surface area contributed by atoms with Crippen molar-refractivity contribution in [3.05, 3.63) is 58.3 Å². The van der Waals surface area contributed by atoms with Gasteiger partial charge in [-0.1, -0.05) is 34.1 Å². The van der Waals surface area contributed by atoms with E-state index in [1.165, 1.54) is 6.07 Å². The third-order valence-corrected chi connectivity index (χ3v) is 3.32. The molecule has 2 rings (SSSR count). The van der Waals surface area contributed by atoms with Crippen LogP contribution in [0, 0.1) is 5.82 Å². The Kier molecular flexibility index (Phi) is 4.43. The van der Waals surface area contributed by atoms with E-state index in [0.717, 1.165) is 15.9 Å². The number of hydrogen-bond donors (Lipinski definition) is 1.